The molecular weight excluding hydrogens is 396 g/mol. The average molecular weight is 411 g/mol. The first-order chi connectivity index (χ1) is 11.9. The van der Waals surface area contributed by atoms with Crippen molar-refractivity contribution < 1.29 is 19.2 Å². The van der Waals surface area contributed by atoms with Crippen LogP contribution in [0.2, 0.25) is 0 Å². The van der Waals surface area contributed by atoms with E-state index in [2.05, 4.69) is 26.3 Å². The van der Waals surface area contributed by atoms with E-state index in [1.54, 1.807) is 19.1 Å². The number of benzene rings is 1. The topological polar surface area (TPSA) is 109 Å². The Labute approximate surface area is 151 Å². The van der Waals surface area contributed by atoms with Crippen LogP contribution >= 0.6 is 15.9 Å². The van der Waals surface area contributed by atoms with Crippen LogP contribution in [0.25, 0.3) is 0 Å². The number of nitrogens with one attached hydrogen (secondary N) is 1. The molecule has 9 nitrogen and oxygen atoms in total. The van der Waals surface area contributed by atoms with E-state index in [1.165, 1.54) is 11.6 Å². The monoisotopic (exact) mass is 410 g/mol. The fourth-order valence-electron chi connectivity index (χ4n) is 2.59. The molecule has 0 atom stereocenters. The molecule has 1 amide bonds. The Morgan fingerprint density at radius 1 is 1.36 bits per heavy atom. The van der Waals surface area contributed by atoms with Gasteiger partial charge in [0.15, 0.2) is 11.5 Å². The van der Waals surface area contributed by atoms with Gasteiger partial charge in [0.25, 0.3) is 0 Å². The molecule has 0 spiro atoms. The number of rotatable bonds is 4. The van der Waals surface area contributed by atoms with Crippen molar-refractivity contribution in [2.45, 2.75) is 20.4 Å². The number of anilines is 1. The third-order valence-corrected chi connectivity index (χ3v) is 4.38. The zero-order valence-corrected chi connectivity index (χ0v) is 15.1. The summed E-state index contributed by atoms with van der Waals surface area (Å²) < 4.78 is 12.9. The number of hydrogen-bond acceptors (Lipinski definition) is 6. The Hall–Kier alpha value is -2.62. The van der Waals surface area contributed by atoms with Crippen molar-refractivity contribution in [3.8, 4) is 11.5 Å². The molecule has 1 aromatic carbocycles. The van der Waals surface area contributed by atoms with E-state index < -0.39 is 4.92 Å². The van der Waals surface area contributed by atoms with Gasteiger partial charge in [0, 0.05) is 16.6 Å². The molecule has 1 aromatic heterocycles. The molecule has 2 aromatic rings. The lowest BCUT2D eigenvalue weighted by Crippen LogP contribution is -2.21. The summed E-state index contributed by atoms with van der Waals surface area (Å²) in [6.07, 6.45) is 0. The Balaban J connectivity index is 1.77. The largest absolute Gasteiger partial charge is 0.486 e. The van der Waals surface area contributed by atoms with E-state index >= 15 is 0 Å². The summed E-state index contributed by atoms with van der Waals surface area (Å²) in [5.74, 6) is 0.787. The van der Waals surface area contributed by atoms with Crippen molar-refractivity contribution >= 4 is 33.2 Å². The van der Waals surface area contributed by atoms with E-state index in [0.29, 0.717) is 40.6 Å². The number of nitro groups is 1. The van der Waals surface area contributed by atoms with Crippen LogP contribution in [0.1, 0.15) is 11.4 Å². The molecule has 1 aliphatic rings. The number of carbonyl (C=O) groups is 1. The third-order valence-electron chi connectivity index (χ3n) is 3.73. The van der Waals surface area contributed by atoms with Gasteiger partial charge in [-0.15, -0.1) is 0 Å². The Bertz CT molecular complexity index is 864. The number of hydrogen-bond donors (Lipinski definition) is 1. The van der Waals surface area contributed by atoms with Gasteiger partial charge in [-0.25, -0.2) is 0 Å². The number of aryl methyl sites for hydroxylation is 1. The standard InChI is InChI=1S/C15H15BrN4O5/c1-8-15(20(22)23)9(2)19(18-8)7-14(21)17-11-6-13-12(5-10(11)16)24-3-4-25-13/h5-6H,3-4,7H2,1-2H3,(H,17,21). The van der Waals surface area contributed by atoms with Gasteiger partial charge in [-0.05, 0) is 29.8 Å². The number of carbonyl (C=O) groups excluding carboxylic acids is 1. The van der Waals surface area contributed by atoms with E-state index in [1.807, 2.05) is 0 Å². The highest BCUT2D eigenvalue weighted by molar-refractivity contribution is 9.10. The Kier molecular flexibility index (Phi) is 4.62. The molecule has 0 aliphatic carbocycles. The van der Waals surface area contributed by atoms with Gasteiger partial charge in [-0.2, -0.15) is 5.10 Å². The Morgan fingerprint density at radius 2 is 2.00 bits per heavy atom. The van der Waals surface area contributed by atoms with Gasteiger partial charge in [0.1, 0.15) is 31.1 Å². The molecule has 25 heavy (non-hydrogen) atoms. The Morgan fingerprint density at radius 3 is 2.60 bits per heavy atom. The second-order valence-corrected chi connectivity index (χ2v) is 6.31. The van der Waals surface area contributed by atoms with Gasteiger partial charge in [0.05, 0.1) is 10.6 Å². The summed E-state index contributed by atoms with van der Waals surface area (Å²) in [7, 11) is 0. The second kappa shape index (κ2) is 6.71. The lowest BCUT2D eigenvalue weighted by Gasteiger charge is -2.20. The molecule has 0 fully saturated rings. The summed E-state index contributed by atoms with van der Waals surface area (Å²) in [4.78, 5) is 22.8. The highest BCUT2D eigenvalue weighted by Gasteiger charge is 2.23. The quantitative estimate of drug-likeness (QED) is 0.612. The molecular formula is C15H15BrN4O5. The molecule has 10 heteroatoms. The first kappa shape index (κ1) is 17.2. The molecule has 0 unspecified atom stereocenters. The van der Waals surface area contributed by atoms with Gasteiger partial charge in [-0.1, -0.05) is 0 Å². The number of aromatic nitrogens is 2. The van der Waals surface area contributed by atoms with Crippen LogP contribution in [-0.2, 0) is 11.3 Å². The van der Waals surface area contributed by atoms with Crippen molar-refractivity contribution in [1.82, 2.24) is 9.78 Å². The maximum absolute atomic E-state index is 12.3. The third kappa shape index (κ3) is 3.43. The summed E-state index contributed by atoms with van der Waals surface area (Å²) in [6.45, 7) is 3.88. The van der Waals surface area contributed by atoms with Gasteiger partial charge in [0.2, 0.25) is 5.91 Å². The summed E-state index contributed by atoms with van der Waals surface area (Å²) in [6, 6.07) is 3.39. The fourth-order valence-corrected chi connectivity index (χ4v) is 3.01. The van der Waals surface area contributed by atoms with Gasteiger partial charge >= 0.3 is 5.69 Å². The highest BCUT2D eigenvalue weighted by atomic mass is 79.9. The number of fused-ring (bicyclic) bond motifs is 1. The van der Waals surface area contributed by atoms with Crippen molar-refractivity contribution in [2.24, 2.45) is 0 Å². The van der Waals surface area contributed by atoms with Crippen LogP contribution in [0.5, 0.6) is 11.5 Å². The van der Waals surface area contributed by atoms with Crippen LogP contribution in [-0.4, -0.2) is 33.8 Å². The van der Waals surface area contributed by atoms with E-state index in [-0.39, 0.29) is 23.8 Å². The fraction of sp³-hybridized carbons (Fsp3) is 0.333. The van der Waals surface area contributed by atoms with Crippen LogP contribution < -0.4 is 14.8 Å². The normalized spacial score (nSPS) is 12.8. The number of halogens is 1. The predicted octanol–water partition coefficient (Wildman–Crippen LogP) is 2.58. The first-order valence-corrected chi connectivity index (χ1v) is 8.23. The molecule has 0 bridgehead atoms. The molecule has 2 heterocycles. The zero-order chi connectivity index (χ0) is 18.1. The number of nitrogens with zero attached hydrogens (tertiary/aromatic N) is 3. The molecule has 3 rings (SSSR count). The molecule has 1 N–H and O–H groups in total. The smallest absolute Gasteiger partial charge is 0.312 e. The van der Waals surface area contributed by atoms with Crippen LogP contribution in [0, 0.1) is 24.0 Å². The molecule has 0 radical (unpaired) electrons. The maximum atomic E-state index is 12.3. The zero-order valence-electron chi connectivity index (χ0n) is 13.5. The second-order valence-electron chi connectivity index (χ2n) is 5.46. The van der Waals surface area contributed by atoms with Crippen LogP contribution in [0.15, 0.2) is 16.6 Å². The number of ether oxygens (including phenoxy) is 2. The minimum absolute atomic E-state index is 0.0756. The van der Waals surface area contributed by atoms with Gasteiger partial charge < -0.3 is 14.8 Å². The van der Waals surface area contributed by atoms with Crippen LogP contribution in [0.3, 0.4) is 0 Å². The average Bonchev–Trinajstić information content (AvgIpc) is 2.82. The first-order valence-electron chi connectivity index (χ1n) is 7.44. The molecule has 0 saturated carbocycles. The molecule has 1 aliphatic heterocycles. The van der Waals surface area contributed by atoms with Crippen LogP contribution in [0.4, 0.5) is 11.4 Å². The molecule has 0 saturated heterocycles. The predicted molar refractivity (Wildman–Crippen MR) is 92.1 cm³/mol. The van der Waals surface area contributed by atoms with Crippen molar-refractivity contribution in [1.29, 1.82) is 0 Å². The summed E-state index contributed by atoms with van der Waals surface area (Å²) in [5.41, 5.74) is 1.05. The maximum Gasteiger partial charge on any atom is 0.312 e. The summed E-state index contributed by atoms with van der Waals surface area (Å²) in [5, 5.41) is 17.8. The highest BCUT2D eigenvalue weighted by Crippen LogP contribution is 2.38. The van der Waals surface area contributed by atoms with Gasteiger partial charge in [-0.3, -0.25) is 19.6 Å². The van der Waals surface area contributed by atoms with E-state index in [0.717, 1.165) is 0 Å². The summed E-state index contributed by atoms with van der Waals surface area (Å²) >= 11 is 3.38. The minimum atomic E-state index is -0.497. The van der Waals surface area contributed by atoms with Crippen molar-refractivity contribution in [3.63, 3.8) is 0 Å². The van der Waals surface area contributed by atoms with Crippen molar-refractivity contribution in [2.75, 3.05) is 18.5 Å². The molecule has 132 valence electrons. The van der Waals surface area contributed by atoms with E-state index in [9.17, 15) is 14.9 Å². The lowest BCUT2D eigenvalue weighted by atomic mass is 10.2. The van der Waals surface area contributed by atoms with Crippen molar-refractivity contribution in [3.05, 3.63) is 38.1 Å². The van der Waals surface area contributed by atoms with E-state index in [4.69, 9.17) is 9.47 Å². The SMILES string of the molecule is Cc1nn(CC(=O)Nc2cc3c(cc2Br)OCCO3)c(C)c1[N+](=O)[O-]. The minimum Gasteiger partial charge on any atom is -0.486 e. The number of amides is 1. The lowest BCUT2D eigenvalue weighted by molar-refractivity contribution is -0.386.